The summed E-state index contributed by atoms with van der Waals surface area (Å²) in [5.74, 6) is -0.116. The predicted molar refractivity (Wildman–Crippen MR) is 76.6 cm³/mol. The maximum Gasteiger partial charge on any atom is 0.242 e. The van der Waals surface area contributed by atoms with Gasteiger partial charge in [-0.2, -0.15) is 9.98 Å². The quantitative estimate of drug-likeness (QED) is 0.789. The summed E-state index contributed by atoms with van der Waals surface area (Å²) in [6.07, 6.45) is 1.08. The molecule has 2 N–H and O–H groups in total. The van der Waals surface area contributed by atoms with Crippen molar-refractivity contribution in [2.75, 3.05) is 6.54 Å². The van der Waals surface area contributed by atoms with Crippen LogP contribution in [0.2, 0.25) is 0 Å². The minimum absolute atomic E-state index is 0.0926. The van der Waals surface area contributed by atoms with E-state index in [0.29, 0.717) is 6.54 Å². The van der Waals surface area contributed by atoms with Crippen molar-refractivity contribution >= 4 is 15.9 Å². The van der Waals surface area contributed by atoms with Crippen molar-refractivity contribution in [2.24, 2.45) is 5.92 Å². The lowest BCUT2D eigenvalue weighted by Crippen LogP contribution is -2.45. The Morgan fingerprint density at radius 1 is 1.38 bits per heavy atom. The van der Waals surface area contributed by atoms with Crippen LogP contribution in [0.15, 0.2) is 23.2 Å². The van der Waals surface area contributed by atoms with Gasteiger partial charge in [-0.05, 0) is 25.0 Å². The lowest BCUT2D eigenvalue weighted by Gasteiger charge is -2.15. The Hall–Kier alpha value is -1.98. The number of nitrogens with one attached hydrogen (secondary N) is 2. The third-order valence-corrected chi connectivity index (χ3v) is 4.10. The maximum atomic E-state index is 12.1. The number of hydrogen-bond acceptors (Lipinski definition) is 5. The number of carbonyl (C=O) groups is 1. The molecular formula is C13H18N4O3S. The number of aromatic nitrogens is 1. The molecule has 0 aliphatic carbocycles. The molecule has 0 saturated heterocycles. The molecule has 1 aromatic heterocycles. The number of amides is 1. The molecule has 0 fully saturated rings. The highest BCUT2D eigenvalue weighted by Crippen LogP contribution is 2.08. The second-order valence-corrected chi connectivity index (χ2v) is 6.69. The Morgan fingerprint density at radius 3 is 2.52 bits per heavy atom. The van der Waals surface area contributed by atoms with Gasteiger partial charge in [-0.1, -0.05) is 13.8 Å². The number of sulfonamides is 1. The van der Waals surface area contributed by atoms with Gasteiger partial charge in [0.1, 0.15) is 16.7 Å². The van der Waals surface area contributed by atoms with Gasteiger partial charge in [-0.25, -0.2) is 13.4 Å². The summed E-state index contributed by atoms with van der Waals surface area (Å²) in [7, 11) is -3.85. The van der Waals surface area contributed by atoms with Gasteiger partial charge >= 0.3 is 0 Å². The molecule has 0 bridgehead atoms. The highest BCUT2D eigenvalue weighted by molar-refractivity contribution is 7.89. The molecule has 7 nitrogen and oxygen atoms in total. The minimum Gasteiger partial charge on any atom is -0.354 e. The number of nitriles is 1. The van der Waals surface area contributed by atoms with Crippen molar-refractivity contribution < 1.29 is 13.2 Å². The lowest BCUT2D eigenvalue weighted by molar-refractivity contribution is -0.122. The van der Waals surface area contributed by atoms with Crippen molar-refractivity contribution in [2.45, 2.75) is 31.7 Å². The summed E-state index contributed by atoms with van der Waals surface area (Å²) in [5, 5.41) is 11.3. The van der Waals surface area contributed by atoms with Crippen molar-refractivity contribution in [1.29, 1.82) is 5.26 Å². The molecule has 1 heterocycles. The molecule has 1 rings (SSSR count). The van der Waals surface area contributed by atoms with Gasteiger partial charge in [0.2, 0.25) is 15.9 Å². The van der Waals surface area contributed by atoms with E-state index in [0.717, 1.165) is 6.20 Å². The number of pyridine rings is 1. The van der Waals surface area contributed by atoms with Gasteiger partial charge in [0, 0.05) is 12.7 Å². The fourth-order valence-electron chi connectivity index (χ4n) is 1.42. The van der Waals surface area contributed by atoms with Gasteiger partial charge in [-0.3, -0.25) is 4.79 Å². The molecule has 8 heteroatoms. The van der Waals surface area contributed by atoms with Crippen LogP contribution in [-0.4, -0.2) is 31.9 Å². The zero-order valence-electron chi connectivity index (χ0n) is 12.1. The molecule has 1 unspecified atom stereocenters. The van der Waals surface area contributed by atoms with Gasteiger partial charge in [0.15, 0.2) is 0 Å². The number of rotatable bonds is 6. The summed E-state index contributed by atoms with van der Waals surface area (Å²) < 4.78 is 26.4. The van der Waals surface area contributed by atoms with Crippen LogP contribution in [-0.2, 0) is 14.8 Å². The molecule has 0 saturated carbocycles. The van der Waals surface area contributed by atoms with Gasteiger partial charge in [0.25, 0.3) is 0 Å². The van der Waals surface area contributed by atoms with Crippen LogP contribution in [0.3, 0.4) is 0 Å². The van der Waals surface area contributed by atoms with Crippen molar-refractivity contribution in [1.82, 2.24) is 15.0 Å². The van der Waals surface area contributed by atoms with E-state index in [1.165, 1.54) is 19.1 Å². The second-order valence-electron chi connectivity index (χ2n) is 4.97. The Kier molecular flexibility index (Phi) is 5.81. The molecule has 21 heavy (non-hydrogen) atoms. The predicted octanol–water partition coefficient (Wildman–Crippen LogP) is 0.392. The van der Waals surface area contributed by atoms with Gasteiger partial charge in [0.05, 0.1) is 6.04 Å². The first kappa shape index (κ1) is 17.1. The molecular weight excluding hydrogens is 292 g/mol. The normalized spacial score (nSPS) is 12.7. The van der Waals surface area contributed by atoms with Crippen molar-refractivity contribution in [3.05, 3.63) is 24.0 Å². The van der Waals surface area contributed by atoms with E-state index < -0.39 is 22.0 Å². The molecule has 1 aromatic rings. The Labute approximate surface area is 124 Å². The molecule has 0 aliphatic heterocycles. The van der Waals surface area contributed by atoms with E-state index in [1.807, 2.05) is 13.8 Å². The topological polar surface area (TPSA) is 112 Å². The molecule has 0 aromatic carbocycles. The van der Waals surface area contributed by atoms with Crippen LogP contribution >= 0.6 is 0 Å². The molecule has 0 aliphatic rings. The smallest absolute Gasteiger partial charge is 0.242 e. The number of carbonyl (C=O) groups excluding carboxylic acids is 1. The number of hydrogen-bond donors (Lipinski definition) is 2. The first-order chi connectivity index (χ1) is 9.76. The van der Waals surface area contributed by atoms with Gasteiger partial charge < -0.3 is 5.32 Å². The minimum atomic E-state index is -3.85. The SMILES string of the molecule is CC(C)CNC(=O)C(C)NS(=O)(=O)c1ccc(C#N)nc1. The Bertz CT molecular complexity index is 632. The summed E-state index contributed by atoms with van der Waals surface area (Å²) >= 11 is 0. The van der Waals surface area contributed by atoms with Crippen molar-refractivity contribution in [3.63, 3.8) is 0 Å². The van der Waals surface area contributed by atoms with Crippen LogP contribution in [0.25, 0.3) is 0 Å². The van der Waals surface area contributed by atoms with Crippen molar-refractivity contribution in [3.8, 4) is 6.07 Å². The van der Waals surface area contributed by atoms with Crippen LogP contribution < -0.4 is 10.0 Å². The van der Waals surface area contributed by atoms with Crippen LogP contribution in [0.1, 0.15) is 26.5 Å². The van der Waals surface area contributed by atoms with E-state index in [1.54, 1.807) is 6.07 Å². The van der Waals surface area contributed by atoms with Crippen LogP contribution in [0.4, 0.5) is 0 Å². The zero-order valence-corrected chi connectivity index (χ0v) is 12.9. The Morgan fingerprint density at radius 2 is 2.05 bits per heavy atom. The highest BCUT2D eigenvalue weighted by atomic mass is 32.2. The first-order valence-corrected chi connectivity index (χ1v) is 7.90. The standard InChI is InChI=1S/C13H18N4O3S/c1-9(2)7-16-13(18)10(3)17-21(19,20)12-5-4-11(6-14)15-8-12/h4-5,8-10,17H,7H2,1-3H3,(H,16,18). The van der Waals surface area contributed by atoms with Gasteiger partial charge in [-0.15, -0.1) is 0 Å². The third-order valence-electron chi connectivity index (χ3n) is 2.57. The molecule has 1 atom stereocenters. The fourth-order valence-corrected chi connectivity index (χ4v) is 2.56. The molecule has 0 radical (unpaired) electrons. The maximum absolute atomic E-state index is 12.1. The van der Waals surface area contributed by atoms with E-state index in [9.17, 15) is 13.2 Å². The summed E-state index contributed by atoms with van der Waals surface area (Å²) in [4.78, 5) is 15.4. The summed E-state index contributed by atoms with van der Waals surface area (Å²) in [6, 6.07) is 3.48. The average molecular weight is 310 g/mol. The number of nitrogens with zero attached hydrogens (tertiary/aromatic N) is 2. The first-order valence-electron chi connectivity index (χ1n) is 6.42. The zero-order chi connectivity index (χ0) is 16.0. The summed E-state index contributed by atoms with van der Waals surface area (Å²) in [6.45, 7) is 5.82. The largest absolute Gasteiger partial charge is 0.354 e. The van der Waals surface area contributed by atoms with E-state index in [2.05, 4.69) is 15.0 Å². The molecule has 0 spiro atoms. The highest BCUT2D eigenvalue weighted by Gasteiger charge is 2.22. The van der Waals surface area contributed by atoms with Crippen LogP contribution in [0.5, 0.6) is 0 Å². The second kappa shape index (κ2) is 7.15. The van der Waals surface area contributed by atoms with E-state index >= 15 is 0 Å². The van der Waals surface area contributed by atoms with Crippen LogP contribution in [0, 0.1) is 17.2 Å². The lowest BCUT2D eigenvalue weighted by atomic mass is 10.2. The van der Waals surface area contributed by atoms with E-state index in [-0.39, 0.29) is 16.5 Å². The molecule has 1 amide bonds. The Balaban J connectivity index is 2.75. The fraction of sp³-hybridized carbons (Fsp3) is 0.462. The third kappa shape index (κ3) is 5.13. The average Bonchev–Trinajstić information content (AvgIpc) is 2.44. The molecule has 114 valence electrons. The monoisotopic (exact) mass is 310 g/mol. The summed E-state index contributed by atoms with van der Waals surface area (Å²) in [5.41, 5.74) is 0.122. The van der Waals surface area contributed by atoms with E-state index in [4.69, 9.17) is 5.26 Å².